The Bertz CT molecular complexity index is 341. The number of carbonyl (C=O) groups is 1. The summed E-state index contributed by atoms with van der Waals surface area (Å²) in [5.74, 6) is -0.0301. The number of hydrogen-bond acceptors (Lipinski definition) is 1. The fourth-order valence-corrected chi connectivity index (χ4v) is 1.74. The molecule has 0 aromatic heterocycles. The lowest BCUT2D eigenvalue weighted by atomic mass is 10.1. The number of alkyl halides is 2. The van der Waals surface area contributed by atoms with E-state index < -0.39 is 6.67 Å². The summed E-state index contributed by atoms with van der Waals surface area (Å²) in [6, 6.07) is 5.09. The van der Waals surface area contributed by atoms with E-state index in [0.717, 1.165) is 10.0 Å². The summed E-state index contributed by atoms with van der Waals surface area (Å²) in [4.78, 5) is 11.1. The number of ketones is 1. The third-order valence-electron chi connectivity index (χ3n) is 1.81. The first kappa shape index (κ1) is 11.7. The van der Waals surface area contributed by atoms with Gasteiger partial charge in [-0.25, -0.2) is 4.39 Å². The number of rotatable bonds is 4. The number of halogens is 3. The van der Waals surface area contributed by atoms with E-state index in [1.165, 1.54) is 0 Å². The van der Waals surface area contributed by atoms with Crippen LogP contribution >= 0.6 is 27.5 Å². The molecule has 4 heteroatoms. The van der Waals surface area contributed by atoms with E-state index in [2.05, 4.69) is 15.9 Å². The maximum atomic E-state index is 12.3. The molecule has 0 aliphatic heterocycles. The largest absolute Gasteiger partial charge is 0.298 e. The van der Waals surface area contributed by atoms with E-state index in [1.807, 2.05) is 0 Å². The normalized spacial score (nSPS) is 10.2. The molecule has 0 aliphatic rings. The fraction of sp³-hybridized carbons (Fsp3) is 0.300. The standard InChI is InChI=1S/C10H9BrClFO/c11-10-3-7(6-13)1-2-8(10)4-9(14)5-12/h1-3H,4-6H2. The molecule has 1 aromatic carbocycles. The van der Waals surface area contributed by atoms with Crippen molar-refractivity contribution in [2.24, 2.45) is 0 Å². The minimum Gasteiger partial charge on any atom is -0.298 e. The van der Waals surface area contributed by atoms with Gasteiger partial charge in [0.25, 0.3) is 0 Å². The molecule has 0 spiro atoms. The molecule has 0 aliphatic carbocycles. The number of carbonyl (C=O) groups excluding carboxylic acids is 1. The number of hydrogen-bond donors (Lipinski definition) is 0. The van der Waals surface area contributed by atoms with Crippen LogP contribution in [0.5, 0.6) is 0 Å². The molecule has 1 rings (SSSR count). The summed E-state index contributed by atoms with van der Waals surface area (Å²) in [5, 5.41) is 0. The number of benzene rings is 1. The van der Waals surface area contributed by atoms with Crippen LogP contribution in [-0.4, -0.2) is 11.7 Å². The molecule has 0 fully saturated rings. The third kappa shape index (κ3) is 3.07. The third-order valence-corrected chi connectivity index (χ3v) is 2.84. The van der Waals surface area contributed by atoms with Crippen LogP contribution in [0.2, 0.25) is 0 Å². The van der Waals surface area contributed by atoms with Gasteiger partial charge in [0.2, 0.25) is 0 Å². The zero-order valence-electron chi connectivity index (χ0n) is 7.40. The second kappa shape index (κ2) is 5.47. The van der Waals surface area contributed by atoms with Crippen molar-refractivity contribution in [1.82, 2.24) is 0 Å². The van der Waals surface area contributed by atoms with Crippen molar-refractivity contribution in [3.8, 4) is 0 Å². The van der Waals surface area contributed by atoms with Crippen molar-refractivity contribution in [3.63, 3.8) is 0 Å². The fourth-order valence-electron chi connectivity index (χ4n) is 1.08. The molecule has 0 amide bonds. The summed E-state index contributed by atoms with van der Waals surface area (Å²) >= 11 is 8.67. The van der Waals surface area contributed by atoms with E-state index in [-0.39, 0.29) is 18.1 Å². The van der Waals surface area contributed by atoms with E-state index in [9.17, 15) is 9.18 Å². The van der Waals surface area contributed by atoms with Gasteiger partial charge >= 0.3 is 0 Å². The zero-order valence-corrected chi connectivity index (χ0v) is 9.74. The van der Waals surface area contributed by atoms with Crippen molar-refractivity contribution < 1.29 is 9.18 Å². The second-order valence-corrected chi connectivity index (χ2v) is 4.03. The molecule has 1 nitrogen and oxygen atoms in total. The van der Waals surface area contributed by atoms with Gasteiger partial charge in [-0.2, -0.15) is 0 Å². The van der Waals surface area contributed by atoms with Gasteiger partial charge in [-0.3, -0.25) is 4.79 Å². The van der Waals surface area contributed by atoms with E-state index in [0.29, 0.717) is 5.56 Å². The highest BCUT2D eigenvalue weighted by atomic mass is 79.9. The Morgan fingerprint density at radius 3 is 2.71 bits per heavy atom. The van der Waals surface area contributed by atoms with Crippen LogP contribution in [0.15, 0.2) is 22.7 Å². The lowest BCUT2D eigenvalue weighted by Crippen LogP contribution is -2.04. The first-order chi connectivity index (χ1) is 6.67. The predicted molar refractivity (Wildman–Crippen MR) is 58.4 cm³/mol. The topological polar surface area (TPSA) is 17.1 Å². The lowest BCUT2D eigenvalue weighted by Gasteiger charge is -2.03. The van der Waals surface area contributed by atoms with Gasteiger partial charge in [0.1, 0.15) is 6.67 Å². The van der Waals surface area contributed by atoms with Crippen LogP contribution < -0.4 is 0 Å². The lowest BCUT2D eigenvalue weighted by molar-refractivity contribution is -0.116. The molecule has 0 atom stereocenters. The first-order valence-corrected chi connectivity index (χ1v) is 5.41. The second-order valence-electron chi connectivity index (χ2n) is 2.91. The van der Waals surface area contributed by atoms with E-state index in [1.54, 1.807) is 18.2 Å². The van der Waals surface area contributed by atoms with Crippen molar-refractivity contribution >= 4 is 33.3 Å². The summed E-state index contributed by atoms with van der Waals surface area (Å²) in [7, 11) is 0. The highest BCUT2D eigenvalue weighted by molar-refractivity contribution is 9.10. The van der Waals surface area contributed by atoms with E-state index >= 15 is 0 Å². The van der Waals surface area contributed by atoms with Gasteiger partial charge in [-0.1, -0.05) is 28.1 Å². The van der Waals surface area contributed by atoms with Crippen LogP contribution in [0.1, 0.15) is 11.1 Å². The molecule has 14 heavy (non-hydrogen) atoms. The van der Waals surface area contributed by atoms with Gasteiger partial charge in [-0.05, 0) is 17.2 Å². The molecular formula is C10H9BrClFO. The molecule has 0 N–H and O–H groups in total. The van der Waals surface area contributed by atoms with Gasteiger partial charge in [0, 0.05) is 10.9 Å². The minimum absolute atomic E-state index is 0.0112. The quantitative estimate of drug-likeness (QED) is 0.773. The van der Waals surface area contributed by atoms with Crippen LogP contribution in [0.3, 0.4) is 0 Å². The van der Waals surface area contributed by atoms with Crippen molar-refractivity contribution in [2.75, 3.05) is 5.88 Å². The monoisotopic (exact) mass is 278 g/mol. The van der Waals surface area contributed by atoms with Crippen LogP contribution in [0, 0.1) is 0 Å². The average Bonchev–Trinajstić information content (AvgIpc) is 2.20. The Labute approximate surface area is 95.4 Å². The van der Waals surface area contributed by atoms with Crippen LogP contribution in [-0.2, 0) is 17.9 Å². The smallest absolute Gasteiger partial charge is 0.151 e. The minimum atomic E-state index is -0.498. The first-order valence-electron chi connectivity index (χ1n) is 4.08. The Kier molecular flexibility index (Phi) is 4.55. The Morgan fingerprint density at radius 2 is 2.21 bits per heavy atom. The van der Waals surface area contributed by atoms with Crippen LogP contribution in [0.4, 0.5) is 4.39 Å². The average molecular weight is 280 g/mol. The highest BCUT2D eigenvalue weighted by Gasteiger charge is 2.06. The molecule has 0 radical (unpaired) electrons. The van der Waals surface area contributed by atoms with Gasteiger partial charge < -0.3 is 0 Å². The summed E-state index contributed by atoms with van der Waals surface area (Å²) < 4.78 is 13.0. The maximum Gasteiger partial charge on any atom is 0.151 e. The highest BCUT2D eigenvalue weighted by Crippen LogP contribution is 2.20. The summed E-state index contributed by atoms with van der Waals surface area (Å²) in [5.41, 5.74) is 1.44. The van der Waals surface area contributed by atoms with Crippen molar-refractivity contribution in [3.05, 3.63) is 33.8 Å². The zero-order chi connectivity index (χ0) is 10.6. The molecule has 0 heterocycles. The molecule has 0 saturated heterocycles. The number of Topliss-reactive ketones (excluding diaryl/α,β-unsaturated/α-hetero) is 1. The van der Waals surface area contributed by atoms with Crippen LogP contribution in [0.25, 0.3) is 0 Å². The van der Waals surface area contributed by atoms with Gasteiger partial charge in [-0.15, -0.1) is 11.6 Å². The maximum absolute atomic E-state index is 12.3. The summed E-state index contributed by atoms with van der Waals surface area (Å²) in [6.45, 7) is -0.498. The predicted octanol–water partition coefficient (Wildman–Crippen LogP) is 3.27. The molecule has 0 bridgehead atoms. The molecule has 76 valence electrons. The molecule has 0 saturated carbocycles. The molecule has 0 unspecified atom stereocenters. The Morgan fingerprint density at radius 1 is 1.50 bits per heavy atom. The SMILES string of the molecule is O=C(CCl)Cc1ccc(CF)cc1Br. The van der Waals surface area contributed by atoms with E-state index in [4.69, 9.17) is 11.6 Å². The van der Waals surface area contributed by atoms with Gasteiger partial charge in [0.15, 0.2) is 5.78 Å². The molecular weight excluding hydrogens is 270 g/mol. The van der Waals surface area contributed by atoms with Crippen molar-refractivity contribution in [1.29, 1.82) is 0 Å². The van der Waals surface area contributed by atoms with Crippen molar-refractivity contribution in [2.45, 2.75) is 13.1 Å². The molecule has 1 aromatic rings. The summed E-state index contributed by atoms with van der Waals surface area (Å²) in [6.07, 6.45) is 0.288. The van der Waals surface area contributed by atoms with Gasteiger partial charge in [0.05, 0.1) is 5.88 Å². The Balaban J connectivity index is 2.83. The Hall–Kier alpha value is -0.410.